The second-order valence-electron chi connectivity index (χ2n) is 5.15. The van der Waals surface area contributed by atoms with E-state index in [0.29, 0.717) is 42.7 Å². The summed E-state index contributed by atoms with van der Waals surface area (Å²) >= 11 is 0. The number of carbonyl (C=O) groups is 2. The van der Waals surface area contributed by atoms with Crippen molar-refractivity contribution in [1.29, 1.82) is 0 Å². The molecule has 1 N–H and O–H groups in total. The molecule has 1 amide bonds. The van der Waals surface area contributed by atoms with Gasteiger partial charge in [0.2, 0.25) is 11.7 Å². The number of hydrogen-bond donors (Lipinski definition) is 1. The average molecular weight is 301 g/mol. The molecule has 0 aliphatic carbocycles. The molecule has 2 heterocycles. The zero-order valence-corrected chi connectivity index (χ0v) is 11.8. The molecule has 1 atom stereocenters. The van der Waals surface area contributed by atoms with Crippen LogP contribution in [0.1, 0.15) is 22.7 Å². The second-order valence-corrected chi connectivity index (χ2v) is 5.15. The maximum Gasteiger partial charge on any atom is 0.253 e. The first-order valence-corrected chi connectivity index (χ1v) is 7.01. The lowest BCUT2D eigenvalue weighted by atomic mass is 10.1. The van der Waals surface area contributed by atoms with Crippen LogP contribution in [0.3, 0.4) is 0 Å². The van der Waals surface area contributed by atoms with E-state index in [1.165, 1.54) is 0 Å². The van der Waals surface area contributed by atoms with Gasteiger partial charge in [-0.15, -0.1) is 0 Å². The van der Waals surface area contributed by atoms with Crippen LogP contribution >= 0.6 is 0 Å². The van der Waals surface area contributed by atoms with Crippen LogP contribution in [0.25, 0.3) is 11.4 Å². The van der Waals surface area contributed by atoms with Crippen molar-refractivity contribution in [1.82, 2.24) is 15.0 Å². The minimum Gasteiger partial charge on any atom is -0.391 e. The molecule has 3 rings (SSSR count). The van der Waals surface area contributed by atoms with E-state index in [1.54, 1.807) is 29.2 Å². The van der Waals surface area contributed by atoms with Gasteiger partial charge in [0.15, 0.2) is 0 Å². The second kappa shape index (κ2) is 6.07. The minimum absolute atomic E-state index is 0.0842. The maximum absolute atomic E-state index is 12.3. The standard InChI is InChI=1S/C15H15N3O4/c19-8-6-13-16-14(17-22-13)10-1-3-11(4-2-10)15(21)18-7-5-12(20)9-18/h1-4,8,12,20H,5-7,9H2. The number of rotatable bonds is 4. The number of likely N-dealkylation sites (tertiary alicyclic amines) is 1. The Kier molecular flexibility index (Phi) is 3.97. The summed E-state index contributed by atoms with van der Waals surface area (Å²) < 4.78 is 4.93. The molecule has 0 spiro atoms. The van der Waals surface area contributed by atoms with Gasteiger partial charge in [-0.2, -0.15) is 4.98 Å². The molecule has 0 bridgehead atoms. The Morgan fingerprint density at radius 1 is 1.41 bits per heavy atom. The topological polar surface area (TPSA) is 96.5 Å². The summed E-state index contributed by atoms with van der Waals surface area (Å²) in [6.07, 6.45) is 0.968. The van der Waals surface area contributed by atoms with E-state index in [0.717, 1.165) is 0 Å². The number of aromatic nitrogens is 2. The van der Waals surface area contributed by atoms with Crippen molar-refractivity contribution in [3.05, 3.63) is 35.7 Å². The number of aldehydes is 1. The molecular formula is C15H15N3O4. The van der Waals surface area contributed by atoms with Crippen molar-refractivity contribution in [2.75, 3.05) is 13.1 Å². The fourth-order valence-electron chi connectivity index (χ4n) is 2.40. The summed E-state index contributed by atoms with van der Waals surface area (Å²) in [5.74, 6) is 0.543. The highest BCUT2D eigenvalue weighted by Gasteiger charge is 2.25. The zero-order chi connectivity index (χ0) is 15.5. The Balaban J connectivity index is 1.74. The highest BCUT2D eigenvalue weighted by molar-refractivity contribution is 5.94. The van der Waals surface area contributed by atoms with E-state index in [4.69, 9.17) is 4.52 Å². The van der Waals surface area contributed by atoms with Gasteiger partial charge < -0.3 is 19.3 Å². The van der Waals surface area contributed by atoms with Gasteiger partial charge in [-0.1, -0.05) is 17.3 Å². The maximum atomic E-state index is 12.3. The van der Waals surface area contributed by atoms with Crippen molar-refractivity contribution in [2.24, 2.45) is 0 Å². The smallest absolute Gasteiger partial charge is 0.253 e. The van der Waals surface area contributed by atoms with Crippen LogP contribution in [0, 0.1) is 0 Å². The van der Waals surface area contributed by atoms with Gasteiger partial charge in [-0.3, -0.25) is 4.79 Å². The highest BCUT2D eigenvalue weighted by Crippen LogP contribution is 2.19. The van der Waals surface area contributed by atoms with Crippen molar-refractivity contribution < 1.29 is 19.2 Å². The molecule has 7 nitrogen and oxygen atoms in total. The Morgan fingerprint density at radius 2 is 2.18 bits per heavy atom. The van der Waals surface area contributed by atoms with Gasteiger partial charge in [-0.25, -0.2) is 0 Å². The quantitative estimate of drug-likeness (QED) is 0.834. The number of aliphatic hydroxyl groups excluding tert-OH is 1. The lowest BCUT2D eigenvalue weighted by Crippen LogP contribution is -2.29. The summed E-state index contributed by atoms with van der Waals surface area (Å²) in [6, 6.07) is 6.85. The number of carbonyl (C=O) groups excluding carboxylic acids is 2. The number of amides is 1. The molecule has 0 radical (unpaired) electrons. The van der Waals surface area contributed by atoms with E-state index in [-0.39, 0.29) is 18.2 Å². The van der Waals surface area contributed by atoms with Crippen molar-refractivity contribution >= 4 is 12.2 Å². The molecule has 1 aliphatic rings. The molecule has 1 saturated heterocycles. The Hall–Kier alpha value is -2.54. The third kappa shape index (κ3) is 2.89. The van der Waals surface area contributed by atoms with E-state index in [9.17, 15) is 14.7 Å². The molecule has 1 fully saturated rings. The summed E-state index contributed by atoms with van der Waals surface area (Å²) in [5.41, 5.74) is 1.26. The summed E-state index contributed by atoms with van der Waals surface area (Å²) in [4.78, 5) is 28.4. The Morgan fingerprint density at radius 3 is 2.82 bits per heavy atom. The first kappa shape index (κ1) is 14.4. The predicted octanol–water partition coefficient (Wildman–Crippen LogP) is 0.685. The lowest BCUT2D eigenvalue weighted by Gasteiger charge is -2.15. The van der Waals surface area contributed by atoms with Crippen LogP contribution in [0.2, 0.25) is 0 Å². The molecule has 0 saturated carbocycles. The predicted molar refractivity (Wildman–Crippen MR) is 76.0 cm³/mol. The van der Waals surface area contributed by atoms with Crippen LogP contribution in [0.15, 0.2) is 28.8 Å². The van der Waals surface area contributed by atoms with E-state index in [2.05, 4.69) is 10.1 Å². The molecular weight excluding hydrogens is 286 g/mol. The van der Waals surface area contributed by atoms with E-state index in [1.807, 2.05) is 0 Å². The summed E-state index contributed by atoms with van der Waals surface area (Å²) in [5, 5.41) is 13.3. The fraction of sp³-hybridized carbons (Fsp3) is 0.333. The number of benzene rings is 1. The number of β-amino-alcohol motifs (C(OH)–C–C–N with tert-alkyl or cyclic N) is 1. The highest BCUT2D eigenvalue weighted by atomic mass is 16.5. The lowest BCUT2D eigenvalue weighted by molar-refractivity contribution is -0.107. The Bertz CT molecular complexity index is 680. The molecule has 1 aromatic carbocycles. The first-order valence-electron chi connectivity index (χ1n) is 7.01. The fourth-order valence-corrected chi connectivity index (χ4v) is 2.40. The molecule has 1 aliphatic heterocycles. The van der Waals surface area contributed by atoms with Crippen LogP contribution in [0.5, 0.6) is 0 Å². The molecule has 1 aromatic heterocycles. The largest absolute Gasteiger partial charge is 0.391 e. The Labute approximate surface area is 126 Å². The number of hydrogen-bond acceptors (Lipinski definition) is 6. The first-order chi connectivity index (χ1) is 10.7. The minimum atomic E-state index is -0.432. The molecule has 7 heteroatoms. The third-order valence-corrected chi connectivity index (χ3v) is 3.57. The van der Waals surface area contributed by atoms with Gasteiger partial charge in [-0.05, 0) is 18.6 Å². The van der Waals surface area contributed by atoms with Gasteiger partial charge >= 0.3 is 0 Å². The third-order valence-electron chi connectivity index (χ3n) is 3.57. The van der Waals surface area contributed by atoms with Crippen molar-refractivity contribution in [3.8, 4) is 11.4 Å². The number of nitrogens with zero attached hydrogens (tertiary/aromatic N) is 3. The van der Waals surface area contributed by atoms with Crippen LogP contribution in [-0.4, -0.2) is 51.5 Å². The summed E-state index contributed by atoms with van der Waals surface area (Å²) in [7, 11) is 0. The van der Waals surface area contributed by atoms with Crippen molar-refractivity contribution in [2.45, 2.75) is 18.9 Å². The van der Waals surface area contributed by atoms with Gasteiger partial charge in [0.25, 0.3) is 5.91 Å². The van der Waals surface area contributed by atoms with Gasteiger partial charge in [0.1, 0.15) is 6.29 Å². The molecule has 22 heavy (non-hydrogen) atoms. The monoisotopic (exact) mass is 301 g/mol. The SMILES string of the molecule is O=CCc1nc(-c2ccc(C(=O)N3CCC(O)C3)cc2)no1. The van der Waals surface area contributed by atoms with E-state index < -0.39 is 6.10 Å². The normalized spacial score (nSPS) is 17.7. The van der Waals surface area contributed by atoms with Crippen LogP contribution in [-0.2, 0) is 11.2 Å². The molecule has 2 aromatic rings. The van der Waals surface area contributed by atoms with Crippen LogP contribution < -0.4 is 0 Å². The average Bonchev–Trinajstić information content (AvgIpc) is 3.16. The van der Waals surface area contributed by atoms with Gasteiger partial charge in [0.05, 0.1) is 12.5 Å². The van der Waals surface area contributed by atoms with Crippen LogP contribution in [0.4, 0.5) is 0 Å². The molecule has 114 valence electrons. The summed E-state index contributed by atoms with van der Waals surface area (Å²) in [6.45, 7) is 0.947. The van der Waals surface area contributed by atoms with E-state index >= 15 is 0 Å². The van der Waals surface area contributed by atoms with Crippen molar-refractivity contribution in [3.63, 3.8) is 0 Å². The van der Waals surface area contributed by atoms with Gasteiger partial charge in [0, 0.05) is 24.2 Å². The molecule has 1 unspecified atom stereocenters. The number of aliphatic hydroxyl groups is 1. The zero-order valence-electron chi connectivity index (χ0n) is 11.8.